The van der Waals surface area contributed by atoms with Crippen LogP contribution in [0.2, 0.25) is 0 Å². The molecule has 1 aliphatic rings. The first-order valence-corrected chi connectivity index (χ1v) is 9.04. The number of rotatable bonds is 2. The minimum absolute atomic E-state index is 0.142. The van der Waals surface area contributed by atoms with E-state index < -0.39 is 0 Å². The highest BCUT2D eigenvalue weighted by Gasteiger charge is 2.28. The number of fused-ring (bicyclic) bond motifs is 2. The third kappa shape index (κ3) is 2.71. The highest BCUT2D eigenvalue weighted by molar-refractivity contribution is 5.80. The molecule has 0 amide bonds. The van der Waals surface area contributed by atoms with E-state index in [1.54, 1.807) is 18.6 Å². The summed E-state index contributed by atoms with van der Waals surface area (Å²) in [5, 5.41) is 1.18. The van der Waals surface area contributed by atoms with E-state index in [9.17, 15) is 0 Å². The first-order valence-electron chi connectivity index (χ1n) is 9.04. The number of hydrogen-bond acceptors (Lipinski definition) is 3. The van der Waals surface area contributed by atoms with Crippen molar-refractivity contribution in [2.24, 2.45) is 0 Å². The molecule has 0 spiro atoms. The monoisotopic (exact) mass is 358 g/mol. The summed E-state index contributed by atoms with van der Waals surface area (Å²) in [6, 6.07) is 12.4. The molecular weight excluding hydrogens is 339 g/mol. The van der Waals surface area contributed by atoms with E-state index >= 15 is 4.39 Å². The van der Waals surface area contributed by atoms with Gasteiger partial charge in [0.2, 0.25) is 0 Å². The molecule has 0 bridgehead atoms. The minimum atomic E-state index is -0.188. The van der Waals surface area contributed by atoms with Crippen molar-refractivity contribution in [1.29, 1.82) is 0 Å². The van der Waals surface area contributed by atoms with Gasteiger partial charge in [0, 0.05) is 54.2 Å². The van der Waals surface area contributed by atoms with Crippen molar-refractivity contribution >= 4 is 10.9 Å². The Morgan fingerprint density at radius 2 is 2.07 bits per heavy atom. The molecule has 0 radical (unpaired) electrons. The summed E-state index contributed by atoms with van der Waals surface area (Å²) < 4.78 is 15.4. The molecular formula is C22H19FN4. The maximum absolute atomic E-state index is 15.4. The van der Waals surface area contributed by atoms with E-state index in [1.165, 1.54) is 10.9 Å². The van der Waals surface area contributed by atoms with Gasteiger partial charge < -0.3 is 9.88 Å². The number of aromatic nitrogens is 3. The number of nitrogens with one attached hydrogen (secondary N) is 1. The highest BCUT2D eigenvalue weighted by atomic mass is 19.1. The number of nitrogens with zero attached hydrogens (tertiary/aromatic N) is 3. The third-order valence-corrected chi connectivity index (χ3v) is 5.40. The Kier molecular flexibility index (Phi) is 3.76. The van der Waals surface area contributed by atoms with Crippen LogP contribution in [-0.2, 0) is 6.54 Å². The van der Waals surface area contributed by atoms with Crippen molar-refractivity contribution in [3.05, 3.63) is 83.7 Å². The van der Waals surface area contributed by atoms with E-state index in [0.29, 0.717) is 17.8 Å². The summed E-state index contributed by atoms with van der Waals surface area (Å²) in [6.07, 6.45) is 6.74. The fraction of sp³-hybridized carbons (Fsp3) is 0.182. The lowest BCUT2D eigenvalue weighted by molar-refractivity contribution is 0.289. The zero-order chi connectivity index (χ0) is 18.4. The van der Waals surface area contributed by atoms with Gasteiger partial charge in [0.1, 0.15) is 5.82 Å². The average Bonchev–Trinajstić information content (AvgIpc) is 3.17. The molecule has 0 aliphatic carbocycles. The molecule has 2 aromatic heterocycles. The van der Waals surface area contributed by atoms with Gasteiger partial charge in [0.25, 0.3) is 0 Å². The van der Waals surface area contributed by atoms with Gasteiger partial charge in [0.15, 0.2) is 0 Å². The molecule has 0 saturated heterocycles. The molecule has 3 heterocycles. The molecule has 4 aromatic rings. The Balaban J connectivity index is 1.64. The van der Waals surface area contributed by atoms with Gasteiger partial charge in [-0.1, -0.05) is 12.1 Å². The zero-order valence-corrected chi connectivity index (χ0v) is 15.0. The Bertz CT molecular complexity index is 1120. The van der Waals surface area contributed by atoms with Crippen LogP contribution in [0.15, 0.2) is 61.2 Å². The molecule has 1 aliphatic heterocycles. The lowest BCUT2D eigenvalue weighted by atomic mass is 9.83. The van der Waals surface area contributed by atoms with Crippen molar-refractivity contribution in [2.45, 2.75) is 12.5 Å². The van der Waals surface area contributed by atoms with Crippen LogP contribution in [0.25, 0.3) is 22.2 Å². The van der Waals surface area contributed by atoms with Crippen LogP contribution in [0.4, 0.5) is 4.39 Å². The quantitative estimate of drug-likeness (QED) is 0.580. The molecule has 5 rings (SSSR count). The van der Waals surface area contributed by atoms with Gasteiger partial charge in [-0.3, -0.25) is 9.97 Å². The van der Waals surface area contributed by atoms with Gasteiger partial charge >= 0.3 is 0 Å². The molecule has 4 nitrogen and oxygen atoms in total. The highest BCUT2D eigenvalue weighted by Crippen LogP contribution is 2.37. The van der Waals surface area contributed by atoms with Crippen LogP contribution in [0, 0.1) is 5.82 Å². The van der Waals surface area contributed by atoms with Crippen LogP contribution in [-0.4, -0.2) is 33.4 Å². The Morgan fingerprint density at radius 3 is 2.93 bits per heavy atom. The molecule has 0 fully saturated rings. The largest absolute Gasteiger partial charge is 0.361 e. The number of halogens is 1. The second-order valence-corrected chi connectivity index (χ2v) is 7.16. The van der Waals surface area contributed by atoms with Gasteiger partial charge in [-0.25, -0.2) is 4.39 Å². The number of benzene rings is 2. The zero-order valence-electron chi connectivity index (χ0n) is 15.0. The van der Waals surface area contributed by atoms with Gasteiger partial charge in [0.05, 0.1) is 11.9 Å². The number of aromatic amines is 1. The topological polar surface area (TPSA) is 44.8 Å². The fourth-order valence-corrected chi connectivity index (χ4v) is 4.08. The number of H-pyrrole nitrogens is 1. The molecule has 134 valence electrons. The summed E-state index contributed by atoms with van der Waals surface area (Å²) in [7, 11) is 2.04. The van der Waals surface area contributed by atoms with Gasteiger partial charge in [-0.2, -0.15) is 0 Å². The van der Waals surface area contributed by atoms with Gasteiger partial charge in [-0.05, 0) is 47.8 Å². The molecule has 5 heteroatoms. The molecule has 27 heavy (non-hydrogen) atoms. The van der Waals surface area contributed by atoms with Crippen molar-refractivity contribution < 1.29 is 4.39 Å². The number of likely N-dealkylation sites (N-methyl/N-ethyl adjacent to an activating group) is 1. The SMILES string of the molecule is CN1Cc2c(ccc(-c3cnccn3)c2F)C(c2ccc3[nH]ccc3c2)C1. The van der Waals surface area contributed by atoms with E-state index in [4.69, 9.17) is 0 Å². The Hall–Kier alpha value is -3.05. The maximum atomic E-state index is 15.4. The van der Waals surface area contributed by atoms with Crippen LogP contribution in [0.5, 0.6) is 0 Å². The summed E-state index contributed by atoms with van der Waals surface area (Å²) in [4.78, 5) is 13.7. The average molecular weight is 358 g/mol. The first-order chi connectivity index (χ1) is 13.2. The minimum Gasteiger partial charge on any atom is -0.361 e. The van der Waals surface area contributed by atoms with E-state index in [-0.39, 0.29) is 11.7 Å². The standard InChI is InChI=1S/C22H19FN4/c1-27-12-18(14-2-5-20-15(10-14)6-7-25-20)16-3-4-17(22(23)19(16)13-27)21-11-24-8-9-26-21/h2-11,18,25H,12-13H2,1H3. The molecule has 0 saturated carbocycles. The smallest absolute Gasteiger partial charge is 0.137 e. The van der Waals surface area contributed by atoms with Gasteiger partial charge in [-0.15, -0.1) is 0 Å². The number of hydrogen-bond donors (Lipinski definition) is 1. The summed E-state index contributed by atoms with van der Waals surface area (Å²) >= 11 is 0. The Labute approximate surface area is 156 Å². The van der Waals surface area contributed by atoms with Crippen molar-refractivity contribution in [1.82, 2.24) is 19.9 Å². The van der Waals surface area contributed by atoms with Crippen LogP contribution in [0.3, 0.4) is 0 Å². The predicted molar refractivity (Wildman–Crippen MR) is 104 cm³/mol. The first kappa shape index (κ1) is 16.1. The van der Waals surface area contributed by atoms with Crippen LogP contribution >= 0.6 is 0 Å². The van der Waals surface area contributed by atoms with Crippen molar-refractivity contribution in [3.63, 3.8) is 0 Å². The Morgan fingerprint density at radius 1 is 1.15 bits per heavy atom. The second-order valence-electron chi connectivity index (χ2n) is 7.16. The lowest BCUT2D eigenvalue weighted by Crippen LogP contribution is -2.31. The molecule has 2 aromatic carbocycles. The third-order valence-electron chi connectivity index (χ3n) is 5.40. The lowest BCUT2D eigenvalue weighted by Gasteiger charge is -2.33. The van der Waals surface area contributed by atoms with E-state index in [0.717, 1.165) is 23.2 Å². The van der Waals surface area contributed by atoms with Crippen LogP contribution < -0.4 is 0 Å². The molecule has 1 N–H and O–H groups in total. The van der Waals surface area contributed by atoms with Crippen molar-refractivity contribution in [2.75, 3.05) is 13.6 Å². The van der Waals surface area contributed by atoms with Crippen molar-refractivity contribution in [3.8, 4) is 11.3 Å². The van der Waals surface area contributed by atoms with Crippen LogP contribution in [0.1, 0.15) is 22.6 Å². The fourth-order valence-electron chi connectivity index (χ4n) is 4.08. The van der Waals surface area contributed by atoms with E-state index in [1.807, 2.05) is 19.3 Å². The predicted octanol–water partition coefficient (Wildman–Crippen LogP) is 4.34. The summed E-state index contributed by atoms with van der Waals surface area (Å²) in [6.45, 7) is 1.46. The van der Waals surface area contributed by atoms with E-state index in [2.05, 4.69) is 50.2 Å². The second kappa shape index (κ2) is 6.28. The molecule has 1 atom stereocenters. The summed E-state index contributed by atoms with van der Waals surface area (Å²) in [5.41, 5.74) is 5.22. The molecule has 1 unspecified atom stereocenters. The summed E-state index contributed by atoms with van der Waals surface area (Å²) in [5.74, 6) is -0.0456. The maximum Gasteiger partial charge on any atom is 0.137 e. The normalized spacial score (nSPS) is 17.2.